The largest absolute Gasteiger partial charge is 0.493 e. The second-order valence-corrected chi connectivity index (χ2v) is 5.33. The highest BCUT2D eigenvalue weighted by atomic mass is 16.5. The van der Waals surface area contributed by atoms with E-state index in [0.29, 0.717) is 0 Å². The average molecular weight is 264 g/mol. The van der Waals surface area contributed by atoms with Gasteiger partial charge in [0, 0.05) is 5.56 Å². The van der Waals surface area contributed by atoms with Crippen molar-refractivity contribution in [3.8, 4) is 5.75 Å². The van der Waals surface area contributed by atoms with E-state index in [4.69, 9.17) is 4.74 Å². The van der Waals surface area contributed by atoms with Crippen molar-refractivity contribution in [1.29, 1.82) is 0 Å². The molecular weight excluding hydrogens is 236 g/mol. The molecule has 0 radical (unpaired) electrons. The standard InChI is InChI=1S/C17H28O2/c1-4-5-6-7-8-9-12-19-17-11-10-14(2)13-16(17)15(3)18/h10-11,13,15,18H,4-9,12H2,1-3H3. The molecule has 0 heterocycles. The Bertz CT molecular complexity index is 358. The Morgan fingerprint density at radius 2 is 1.79 bits per heavy atom. The lowest BCUT2D eigenvalue weighted by Crippen LogP contribution is -2.02. The van der Waals surface area contributed by atoms with Crippen molar-refractivity contribution >= 4 is 0 Å². The van der Waals surface area contributed by atoms with Crippen LogP contribution in [0.4, 0.5) is 0 Å². The van der Waals surface area contributed by atoms with Gasteiger partial charge in [-0.05, 0) is 32.4 Å². The number of rotatable bonds is 9. The molecule has 2 nitrogen and oxygen atoms in total. The third kappa shape index (κ3) is 6.11. The Labute approximate surface area is 117 Å². The van der Waals surface area contributed by atoms with Crippen LogP contribution in [0.25, 0.3) is 0 Å². The zero-order valence-corrected chi connectivity index (χ0v) is 12.6. The summed E-state index contributed by atoms with van der Waals surface area (Å²) < 4.78 is 5.80. The van der Waals surface area contributed by atoms with Gasteiger partial charge in [0.1, 0.15) is 5.75 Å². The van der Waals surface area contributed by atoms with Gasteiger partial charge >= 0.3 is 0 Å². The maximum atomic E-state index is 9.75. The number of aliphatic hydroxyl groups is 1. The molecule has 1 aromatic rings. The minimum absolute atomic E-state index is 0.473. The quantitative estimate of drug-likeness (QED) is 0.650. The Morgan fingerprint density at radius 1 is 1.11 bits per heavy atom. The SMILES string of the molecule is CCCCCCCCOc1ccc(C)cc1C(C)O. The fraction of sp³-hybridized carbons (Fsp3) is 0.647. The molecule has 1 N–H and O–H groups in total. The number of aliphatic hydroxyl groups excluding tert-OH is 1. The number of hydrogen-bond acceptors (Lipinski definition) is 2. The summed E-state index contributed by atoms with van der Waals surface area (Å²) in [5.41, 5.74) is 2.05. The lowest BCUT2D eigenvalue weighted by atomic mass is 10.1. The minimum atomic E-state index is -0.473. The van der Waals surface area contributed by atoms with Crippen molar-refractivity contribution in [2.24, 2.45) is 0 Å². The first-order chi connectivity index (χ1) is 9.15. The normalized spacial score (nSPS) is 12.4. The van der Waals surface area contributed by atoms with E-state index in [1.54, 1.807) is 6.92 Å². The average Bonchev–Trinajstić information content (AvgIpc) is 2.39. The van der Waals surface area contributed by atoms with Crippen LogP contribution in [0.5, 0.6) is 5.75 Å². The minimum Gasteiger partial charge on any atom is -0.493 e. The second-order valence-electron chi connectivity index (χ2n) is 5.33. The maximum Gasteiger partial charge on any atom is 0.125 e. The van der Waals surface area contributed by atoms with Gasteiger partial charge in [-0.25, -0.2) is 0 Å². The molecule has 0 aliphatic rings. The van der Waals surface area contributed by atoms with E-state index >= 15 is 0 Å². The van der Waals surface area contributed by atoms with Crippen LogP contribution in [-0.2, 0) is 0 Å². The lowest BCUT2D eigenvalue weighted by molar-refractivity contribution is 0.190. The van der Waals surface area contributed by atoms with Crippen molar-refractivity contribution in [3.05, 3.63) is 29.3 Å². The van der Waals surface area contributed by atoms with E-state index in [2.05, 4.69) is 6.92 Å². The van der Waals surface area contributed by atoms with E-state index in [0.717, 1.165) is 29.9 Å². The highest BCUT2D eigenvalue weighted by Gasteiger charge is 2.09. The molecule has 19 heavy (non-hydrogen) atoms. The summed E-state index contributed by atoms with van der Waals surface area (Å²) in [6.07, 6.45) is 7.11. The van der Waals surface area contributed by atoms with Gasteiger partial charge in [-0.2, -0.15) is 0 Å². The van der Waals surface area contributed by atoms with Gasteiger partial charge in [0.05, 0.1) is 12.7 Å². The first kappa shape index (κ1) is 16.0. The van der Waals surface area contributed by atoms with Crippen molar-refractivity contribution in [1.82, 2.24) is 0 Å². The molecule has 1 rings (SSSR count). The summed E-state index contributed by atoms with van der Waals surface area (Å²) in [6, 6.07) is 6.00. The van der Waals surface area contributed by atoms with Crippen LogP contribution in [0.3, 0.4) is 0 Å². The molecule has 0 spiro atoms. The Kier molecular flexibility index (Phi) is 7.57. The van der Waals surface area contributed by atoms with E-state index in [1.165, 1.54) is 32.1 Å². The fourth-order valence-electron chi connectivity index (χ4n) is 2.19. The molecule has 0 fully saturated rings. The maximum absolute atomic E-state index is 9.75. The highest BCUT2D eigenvalue weighted by molar-refractivity contribution is 5.38. The Hall–Kier alpha value is -1.02. The van der Waals surface area contributed by atoms with Crippen molar-refractivity contribution in [2.75, 3.05) is 6.61 Å². The topological polar surface area (TPSA) is 29.5 Å². The van der Waals surface area contributed by atoms with Gasteiger partial charge in [0.2, 0.25) is 0 Å². The highest BCUT2D eigenvalue weighted by Crippen LogP contribution is 2.26. The van der Waals surface area contributed by atoms with Crippen LogP contribution < -0.4 is 4.74 Å². The summed E-state index contributed by atoms with van der Waals surface area (Å²) in [4.78, 5) is 0. The fourth-order valence-corrected chi connectivity index (χ4v) is 2.19. The summed E-state index contributed by atoms with van der Waals surface area (Å²) in [5.74, 6) is 0.828. The first-order valence-corrected chi connectivity index (χ1v) is 7.56. The monoisotopic (exact) mass is 264 g/mol. The third-order valence-electron chi connectivity index (χ3n) is 3.37. The molecule has 0 aromatic heterocycles. The zero-order valence-electron chi connectivity index (χ0n) is 12.6. The first-order valence-electron chi connectivity index (χ1n) is 7.56. The van der Waals surface area contributed by atoms with E-state index < -0.39 is 6.10 Å². The molecule has 2 heteroatoms. The number of benzene rings is 1. The van der Waals surface area contributed by atoms with Gasteiger partial charge in [0.25, 0.3) is 0 Å². The predicted octanol–water partition coefficient (Wildman–Crippen LogP) is 4.79. The smallest absolute Gasteiger partial charge is 0.125 e. The van der Waals surface area contributed by atoms with E-state index in [9.17, 15) is 5.11 Å². The molecule has 0 aliphatic carbocycles. The molecule has 0 saturated carbocycles. The molecule has 1 unspecified atom stereocenters. The molecule has 0 saturated heterocycles. The zero-order chi connectivity index (χ0) is 14.1. The van der Waals surface area contributed by atoms with Crippen LogP contribution in [0.2, 0.25) is 0 Å². The lowest BCUT2D eigenvalue weighted by Gasteiger charge is -2.14. The van der Waals surface area contributed by atoms with Crippen molar-refractivity contribution < 1.29 is 9.84 Å². The van der Waals surface area contributed by atoms with Crippen LogP contribution in [0.1, 0.15) is 69.6 Å². The van der Waals surface area contributed by atoms with E-state index in [-0.39, 0.29) is 0 Å². The third-order valence-corrected chi connectivity index (χ3v) is 3.37. The summed E-state index contributed by atoms with van der Waals surface area (Å²) in [7, 11) is 0. The van der Waals surface area contributed by atoms with Gasteiger partial charge < -0.3 is 9.84 Å². The number of hydrogen-bond donors (Lipinski definition) is 1. The Balaban J connectivity index is 2.33. The Morgan fingerprint density at radius 3 is 2.47 bits per heavy atom. The predicted molar refractivity (Wildman–Crippen MR) is 80.7 cm³/mol. The molecule has 0 aliphatic heterocycles. The van der Waals surface area contributed by atoms with Gasteiger partial charge in [-0.1, -0.05) is 50.7 Å². The van der Waals surface area contributed by atoms with E-state index in [1.807, 2.05) is 25.1 Å². The van der Waals surface area contributed by atoms with Crippen LogP contribution >= 0.6 is 0 Å². The molecule has 1 atom stereocenters. The second kappa shape index (κ2) is 8.98. The van der Waals surface area contributed by atoms with Gasteiger partial charge in [0.15, 0.2) is 0 Å². The molecule has 108 valence electrons. The summed E-state index contributed by atoms with van der Waals surface area (Å²) in [6.45, 7) is 6.79. The van der Waals surface area contributed by atoms with Gasteiger partial charge in [-0.3, -0.25) is 0 Å². The van der Waals surface area contributed by atoms with Crippen molar-refractivity contribution in [2.45, 2.75) is 65.4 Å². The summed E-state index contributed by atoms with van der Waals surface area (Å²) >= 11 is 0. The summed E-state index contributed by atoms with van der Waals surface area (Å²) in [5, 5.41) is 9.75. The van der Waals surface area contributed by atoms with Crippen LogP contribution in [0, 0.1) is 6.92 Å². The molecule has 0 amide bonds. The van der Waals surface area contributed by atoms with Crippen molar-refractivity contribution in [3.63, 3.8) is 0 Å². The molecular formula is C17H28O2. The molecule has 0 bridgehead atoms. The molecule has 1 aromatic carbocycles. The van der Waals surface area contributed by atoms with Crippen LogP contribution in [0.15, 0.2) is 18.2 Å². The van der Waals surface area contributed by atoms with Gasteiger partial charge in [-0.15, -0.1) is 0 Å². The number of aryl methyl sites for hydroxylation is 1. The number of ether oxygens (including phenoxy) is 1. The van der Waals surface area contributed by atoms with Crippen LogP contribution in [-0.4, -0.2) is 11.7 Å². The number of unbranched alkanes of at least 4 members (excludes halogenated alkanes) is 5.